The van der Waals surface area contributed by atoms with E-state index in [0.29, 0.717) is 30.2 Å². The van der Waals surface area contributed by atoms with Crippen molar-refractivity contribution < 1.29 is 28.2 Å². The topological polar surface area (TPSA) is 151 Å². The molecule has 0 unspecified atom stereocenters. The van der Waals surface area contributed by atoms with Crippen LogP contribution >= 0.6 is 12.4 Å². The number of hydrogen-bond donors (Lipinski definition) is 4. The lowest BCUT2D eigenvalue weighted by molar-refractivity contribution is 0.0696. The molecule has 1 saturated carbocycles. The van der Waals surface area contributed by atoms with Crippen LogP contribution in [-0.4, -0.2) is 59.9 Å². The van der Waals surface area contributed by atoms with Crippen molar-refractivity contribution >= 4 is 34.3 Å². The number of aromatic carboxylic acids is 1. The van der Waals surface area contributed by atoms with Crippen LogP contribution in [0.15, 0.2) is 53.4 Å². The van der Waals surface area contributed by atoms with Crippen LogP contribution in [0.3, 0.4) is 0 Å². The first kappa shape index (κ1) is 33.3. The van der Waals surface area contributed by atoms with Crippen LogP contribution in [0, 0.1) is 25.7 Å². The Hall–Kier alpha value is -3.25. The molecule has 0 amide bonds. The van der Waals surface area contributed by atoms with Gasteiger partial charge < -0.3 is 20.3 Å². The molecule has 1 aromatic heterocycles. The number of benzene rings is 2. The largest absolute Gasteiger partial charge is 0.478 e. The monoisotopic (exact) mass is 618 g/mol. The van der Waals surface area contributed by atoms with Crippen LogP contribution < -0.4 is 14.8 Å². The Morgan fingerprint density at radius 2 is 1.74 bits per heavy atom. The van der Waals surface area contributed by atoms with Gasteiger partial charge in [-0.1, -0.05) is 38.1 Å². The number of aliphatic hydroxyl groups is 1. The van der Waals surface area contributed by atoms with Gasteiger partial charge in [-0.05, 0) is 74.3 Å². The number of anilines is 1. The molecule has 0 aliphatic heterocycles. The lowest BCUT2D eigenvalue weighted by Gasteiger charge is -2.37. The Bertz CT molecular complexity index is 1470. The first-order valence-electron chi connectivity index (χ1n) is 13.8. The molecule has 10 nitrogen and oxygen atoms in total. The van der Waals surface area contributed by atoms with Gasteiger partial charge in [0.2, 0.25) is 11.8 Å². The van der Waals surface area contributed by atoms with Crippen molar-refractivity contribution in [3.8, 4) is 17.1 Å². The van der Waals surface area contributed by atoms with Gasteiger partial charge in [0, 0.05) is 30.3 Å². The van der Waals surface area contributed by atoms with Gasteiger partial charge >= 0.3 is 5.97 Å². The molecule has 1 atom stereocenters. The second-order valence-corrected chi connectivity index (χ2v) is 12.8. The number of carboxylic acid groups (broad SMARTS) is 1. The molecule has 3 aromatic rings. The third-order valence-electron chi connectivity index (χ3n) is 7.21. The molecule has 0 spiro atoms. The fourth-order valence-electron chi connectivity index (χ4n) is 5.16. The molecule has 0 bridgehead atoms. The molecule has 1 aliphatic rings. The highest BCUT2D eigenvalue weighted by Gasteiger charge is 2.30. The van der Waals surface area contributed by atoms with Crippen molar-refractivity contribution in [1.82, 2.24) is 15.3 Å². The summed E-state index contributed by atoms with van der Waals surface area (Å²) in [6.07, 6.45) is 2.71. The zero-order chi connectivity index (χ0) is 29.7. The lowest BCUT2D eigenvalue weighted by Crippen LogP contribution is -2.49. The van der Waals surface area contributed by atoms with Crippen molar-refractivity contribution in [1.29, 1.82) is 0 Å². The standard InChI is InChI=1S/C30H38N4O6S.ClH/c1-18(2)11-24(31-23-12-21(13-23)16-35)17-40-27-15-26(28-19(3)7-5-8-20(28)4)32-30(33-27)34-41(38,39)25-10-6-9-22(14-25)29(36)37;/h5-10,14-15,18,21,23-24,31,35H,11-13,16-17H2,1-4H3,(H,36,37)(H,32,33,34);1H/t21?,23?,24-;/m1./s1. The number of ether oxygens (including phenoxy) is 1. The quantitative estimate of drug-likeness (QED) is 0.211. The van der Waals surface area contributed by atoms with Crippen LogP contribution in [0.2, 0.25) is 0 Å². The Morgan fingerprint density at radius 1 is 1.07 bits per heavy atom. The van der Waals surface area contributed by atoms with Crippen molar-refractivity contribution in [2.24, 2.45) is 11.8 Å². The van der Waals surface area contributed by atoms with Gasteiger partial charge in [-0.2, -0.15) is 4.98 Å². The summed E-state index contributed by atoms with van der Waals surface area (Å²) in [6, 6.07) is 13.0. The summed E-state index contributed by atoms with van der Waals surface area (Å²) in [5, 5.41) is 22.3. The molecule has 12 heteroatoms. The number of carbonyl (C=O) groups is 1. The van der Waals surface area contributed by atoms with E-state index in [-0.39, 0.29) is 47.3 Å². The molecule has 2 aromatic carbocycles. The number of nitrogens with one attached hydrogen (secondary N) is 2. The minimum absolute atomic E-state index is 0. The number of nitrogens with zero attached hydrogens (tertiary/aromatic N) is 2. The minimum Gasteiger partial charge on any atom is -0.478 e. The van der Waals surface area contributed by atoms with Gasteiger partial charge in [0.05, 0.1) is 16.2 Å². The number of sulfonamides is 1. The predicted octanol–water partition coefficient (Wildman–Crippen LogP) is 4.84. The summed E-state index contributed by atoms with van der Waals surface area (Å²) >= 11 is 0. The van der Waals surface area contributed by atoms with Gasteiger partial charge in [-0.25, -0.2) is 22.9 Å². The van der Waals surface area contributed by atoms with E-state index in [1.54, 1.807) is 6.07 Å². The molecule has 4 N–H and O–H groups in total. The number of aryl methyl sites for hydroxylation is 2. The van der Waals surface area contributed by atoms with Crippen LogP contribution in [0.4, 0.5) is 5.95 Å². The molecule has 1 heterocycles. The fourth-order valence-corrected chi connectivity index (χ4v) is 6.15. The van der Waals surface area contributed by atoms with Crippen molar-refractivity contribution in [3.05, 3.63) is 65.2 Å². The van der Waals surface area contributed by atoms with E-state index < -0.39 is 16.0 Å². The Kier molecular flexibility index (Phi) is 11.3. The van der Waals surface area contributed by atoms with E-state index in [2.05, 4.69) is 33.9 Å². The molecule has 4 rings (SSSR count). The molecule has 228 valence electrons. The zero-order valence-electron chi connectivity index (χ0n) is 24.2. The smallest absolute Gasteiger partial charge is 0.335 e. The average molecular weight is 619 g/mol. The van der Waals surface area contributed by atoms with Gasteiger partial charge in [0.25, 0.3) is 10.0 Å². The maximum Gasteiger partial charge on any atom is 0.335 e. The summed E-state index contributed by atoms with van der Waals surface area (Å²) in [7, 11) is -4.20. The van der Waals surface area contributed by atoms with Crippen molar-refractivity contribution in [3.63, 3.8) is 0 Å². The van der Waals surface area contributed by atoms with E-state index in [1.165, 1.54) is 18.2 Å². The Balaban J connectivity index is 0.00000484. The van der Waals surface area contributed by atoms with Crippen molar-refractivity contribution in [2.45, 2.75) is 63.9 Å². The Morgan fingerprint density at radius 3 is 2.36 bits per heavy atom. The summed E-state index contributed by atoms with van der Waals surface area (Å²) in [5.41, 5.74) is 3.11. The van der Waals surface area contributed by atoms with Gasteiger partial charge in [-0.15, -0.1) is 12.4 Å². The molecular weight excluding hydrogens is 580 g/mol. The second-order valence-electron chi connectivity index (χ2n) is 11.1. The van der Waals surface area contributed by atoms with Crippen LogP contribution in [0.5, 0.6) is 5.88 Å². The summed E-state index contributed by atoms with van der Waals surface area (Å²) < 4.78 is 35.0. The second kappa shape index (κ2) is 14.3. The Labute approximate surface area is 253 Å². The third-order valence-corrected chi connectivity index (χ3v) is 8.54. The van der Waals surface area contributed by atoms with E-state index in [4.69, 9.17) is 4.74 Å². The van der Waals surface area contributed by atoms with Crippen molar-refractivity contribution in [2.75, 3.05) is 17.9 Å². The van der Waals surface area contributed by atoms with Crippen LogP contribution in [0.25, 0.3) is 11.3 Å². The molecular formula is C30H39ClN4O6S. The summed E-state index contributed by atoms with van der Waals surface area (Å²) in [6.45, 7) is 8.70. The lowest BCUT2D eigenvalue weighted by atomic mass is 9.80. The number of rotatable bonds is 13. The summed E-state index contributed by atoms with van der Waals surface area (Å²) in [5.74, 6) is -0.443. The highest BCUT2D eigenvalue weighted by Crippen LogP contribution is 2.30. The maximum atomic E-state index is 13.2. The van der Waals surface area contributed by atoms with E-state index in [9.17, 15) is 23.4 Å². The highest BCUT2D eigenvalue weighted by atomic mass is 35.5. The normalized spacial score (nSPS) is 17.2. The number of aromatic nitrogens is 2. The van der Waals surface area contributed by atoms with E-state index in [1.807, 2.05) is 32.0 Å². The molecule has 1 fully saturated rings. The number of carboxylic acids is 1. The number of hydrogen-bond acceptors (Lipinski definition) is 8. The predicted molar refractivity (Wildman–Crippen MR) is 164 cm³/mol. The van der Waals surface area contributed by atoms with Gasteiger partial charge in [-0.3, -0.25) is 0 Å². The van der Waals surface area contributed by atoms with Crippen LogP contribution in [-0.2, 0) is 10.0 Å². The molecule has 42 heavy (non-hydrogen) atoms. The van der Waals surface area contributed by atoms with Gasteiger partial charge in [0.1, 0.15) is 6.61 Å². The van der Waals surface area contributed by atoms with Crippen LogP contribution in [0.1, 0.15) is 54.6 Å². The van der Waals surface area contributed by atoms with E-state index >= 15 is 0 Å². The summed E-state index contributed by atoms with van der Waals surface area (Å²) in [4.78, 5) is 20.1. The highest BCUT2D eigenvalue weighted by molar-refractivity contribution is 7.92. The molecule has 0 saturated heterocycles. The maximum absolute atomic E-state index is 13.2. The van der Waals surface area contributed by atoms with Gasteiger partial charge in [0.15, 0.2) is 0 Å². The first-order valence-corrected chi connectivity index (χ1v) is 15.2. The zero-order valence-corrected chi connectivity index (χ0v) is 25.8. The first-order chi connectivity index (χ1) is 19.4. The fraction of sp³-hybridized carbons (Fsp3) is 0.433. The molecule has 0 radical (unpaired) electrons. The molecule has 1 aliphatic carbocycles. The number of halogens is 1. The number of aliphatic hydroxyl groups excluding tert-OH is 1. The minimum atomic E-state index is -4.20. The average Bonchev–Trinajstić information content (AvgIpc) is 2.88. The van der Waals surface area contributed by atoms with E-state index in [0.717, 1.165) is 42.0 Å². The third kappa shape index (κ3) is 8.41. The SMILES string of the molecule is Cc1cccc(C)c1-c1cc(OC[C@@H](CC(C)C)NC2CC(CO)C2)nc(NS(=O)(=O)c2cccc(C(=O)O)c2)n1.Cl.